The highest BCUT2D eigenvalue weighted by Gasteiger charge is 2.42. The number of ether oxygens (including phenoxy) is 2. The smallest absolute Gasteiger partial charge is 0.230 e. The Morgan fingerprint density at radius 2 is 1.85 bits per heavy atom. The summed E-state index contributed by atoms with van der Waals surface area (Å²) in [5.41, 5.74) is 6.69. The molecule has 0 bridgehead atoms. The van der Waals surface area contributed by atoms with Crippen LogP contribution in [0.15, 0.2) is 24.3 Å². The molecular formula is C18H29Cl2N3O3. The zero-order valence-corrected chi connectivity index (χ0v) is 16.8. The van der Waals surface area contributed by atoms with Gasteiger partial charge >= 0.3 is 0 Å². The molecule has 0 saturated carbocycles. The third-order valence-corrected chi connectivity index (χ3v) is 5.28. The van der Waals surface area contributed by atoms with E-state index in [1.165, 1.54) is 0 Å². The fraction of sp³-hybridized carbons (Fsp3) is 0.611. The van der Waals surface area contributed by atoms with Gasteiger partial charge in [0.05, 0.1) is 12.5 Å². The molecule has 1 aromatic rings. The maximum atomic E-state index is 13.0. The number of hydrogen-bond acceptors (Lipinski definition) is 5. The summed E-state index contributed by atoms with van der Waals surface area (Å²) in [6.45, 7) is 4.80. The highest BCUT2D eigenvalue weighted by Crippen LogP contribution is 2.32. The van der Waals surface area contributed by atoms with Gasteiger partial charge in [0, 0.05) is 57.7 Å². The molecule has 2 N–H and O–H groups in total. The van der Waals surface area contributed by atoms with Crippen LogP contribution in [0.3, 0.4) is 0 Å². The van der Waals surface area contributed by atoms with E-state index in [2.05, 4.69) is 11.0 Å². The fourth-order valence-electron chi connectivity index (χ4n) is 3.58. The number of anilines is 1. The number of methoxy groups -OCH3 is 1. The third kappa shape index (κ3) is 4.74. The van der Waals surface area contributed by atoms with Gasteiger partial charge in [-0.3, -0.25) is 4.79 Å². The Morgan fingerprint density at radius 3 is 2.42 bits per heavy atom. The van der Waals surface area contributed by atoms with Crippen LogP contribution in [0.4, 0.5) is 5.69 Å². The molecule has 1 aromatic carbocycles. The minimum atomic E-state index is -0.420. The first-order valence-electron chi connectivity index (χ1n) is 8.65. The molecular weight excluding hydrogens is 377 g/mol. The van der Waals surface area contributed by atoms with Crippen molar-refractivity contribution in [1.82, 2.24) is 4.90 Å². The number of halogens is 2. The summed E-state index contributed by atoms with van der Waals surface area (Å²) in [4.78, 5) is 17.3. The first-order valence-corrected chi connectivity index (χ1v) is 8.65. The van der Waals surface area contributed by atoms with E-state index < -0.39 is 5.41 Å². The molecule has 8 heteroatoms. The van der Waals surface area contributed by atoms with Gasteiger partial charge in [-0.1, -0.05) is 6.07 Å². The molecule has 0 atom stereocenters. The van der Waals surface area contributed by atoms with E-state index in [1.54, 1.807) is 7.11 Å². The van der Waals surface area contributed by atoms with Gasteiger partial charge in [-0.05, 0) is 25.0 Å². The van der Waals surface area contributed by atoms with Gasteiger partial charge < -0.3 is 25.0 Å². The van der Waals surface area contributed by atoms with Crippen LogP contribution in [0.25, 0.3) is 0 Å². The van der Waals surface area contributed by atoms with E-state index in [9.17, 15) is 4.79 Å². The van der Waals surface area contributed by atoms with Gasteiger partial charge in [-0.25, -0.2) is 0 Å². The number of amides is 1. The lowest BCUT2D eigenvalue weighted by molar-refractivity contribution is -0.147. The number of benzene rings is 1. The lowest BCUT2D eigenvalue weighted by Gasteiger charge is -2.42. The molecule has 148 valence electrons. The molecule has 0 radical (unpaired) electrons. The summed E-state index contributed by atoms with van der Waals surface area (Å²) < 4.78 is 10.7. The molecule has 2 aliphatic heterocycles. The quantitative estimate of drug-likeness (QED) is 0.828. The normalized spacial score (nSPS) is 19.2. The highest BCUT2D eigenvalue weighted by molar-refractivity contribution is 5.85. The van der Waals surface area contributed by atoms with Crippen LogP contribution < -0.4 is 15.4 Å². The highest BCUT2D eigenvalue weighted by atomic mass is 35.5. The van der Waals surface area contributed by atoms with E-state index in [4.69, 9.17) is 15.2 Å². The Morgan fingerprint density at radius 1 is 1.19 bits per heavy atom. The molecule has 0 aromatic heterocycles. The summed E-state index contributed by atoms with van der Waals surface area (Å²) in [6.07, 6.45) is 1.47. The van der Waals surface area contributed by atoms with Gasteiger partial charge in [0.1, 0.15) is 5.75 Å². The standard InChI is InChI=1S/C18H27N3O3.2ClH/c1-23-16-4-2-3-15(13-16)20-7-9-21(10-8-20)17(22)18(14-19)5-11-24-12-6-18;;/h2-4,13H,5-12,14,19H2,1H3;2*1H. The van der Waals surface area contributed by atoms with Crippen LogP contribution in [-0.2, 0) is 9.53 Å². The Bertz CT molecular complexity index is 575. The predicted octanol–water partition coefficient (Wildman–Crippen LogP) is 1.94. The molecule has 0 aliphatic carbocycles. The van der Waals surface area contributed by atoms with Gasteiger partial charge in [0.25, 0.3) is 0 Å². The monoisotopic (exact) mass is 405 g/mol. The largest absolute Gasteiger partial charge is 0.497 e. The van der Waals surface area contributed by atoms with Crippen molar-refractivity contribution in [2.24, 2.45) is 11.1 Å². The Hall–Kier alpha value is -1.21. The maximum Gasteiger partial charge on any atom is 0.230 e. The van der Waals surface area contributed by atoms with Crippen molar-refractivity contribution in [3.8, 4) is 5.75 Å². The van der Waals surface area contributed by atoms with Crippen molar-refractivity contribution in [2.45, 2.75) is 12.8 Å². The Balaban J connectivity index is 0.00000169. The van der Waals surface area contributed by atoms with Gasteiger partial charge in [0.15, 0.2) is 0 Å². The Kier molecular flexibility index (Phi) is 8.96. The van der Waals surface area contributed by atoms with Crippen LogP contribution in [-0.4, -0.2) is 63.9 Å². The third-order valence-electron chi connectivity index (χ3n) is 5.28. The molecule has 1 amide bonds. The minimum Gasteiger partial charge on any atom is -0.497 e. The number of nitrogens with zero attached hydrogens (tertiary/aromatic N) is 2. The molecule has 0 spiro atoms. The second-order valence-corrected chi connectivity index (χ2v) is 6.58. The second-order valence-electron chi connectivity index (χ2n) is 6.58. The first-order chi connectivity index (χ1) is 11.7. The number of carbonyl (C=O) groups excluding carboxylic acids is 1. The summed E-state index contributed by atoms with van der Waals surface area (Å²) in [7, 11) is 1.68. The van der Waals surface area contributed by atoms with Gasteiger partial charge in [-0.15, -0.1) is 24.8 Å². The van der Waals surface area contributed by atoms with E-state index >= 15 is 0 Å². The van der Waals surface area contributed by atoms with Crippen LogP contribution in [0.1, 0.15) is 12.8 Å². The molecule has 6 nitrogen and oxygen atoms in total. The first kappa shape index (κ1) is 22.8. The summed E-state index contributed by atoms with van der Waals surface area (Å²) in [5, 5.41) is 0. The van der Waals surface area contributed by atoms with E-state index in [-0.39, 0.29) is 30.7 Å². The van der Waals surface area contributed by atoms with Crippen molar-refractivity contribution in [1.29, 1.82) is 0 Å². The van der Waals surface area contributed by atoms with E-state index in [1.807, 2.05) is 23.1 Å². The molecule has 3 rings (SSSR count). The van der Waals surface area contributed by atoms with Crippen molar-refractivity contribution in [3.63, 3.8) is 0 Å². The van der Waals surface area contributed by atoms with E-state index in [0.29, 0.717) is 19.8 Å². The fourth-order valence-corrected chi connectivity index (χ4v) is 3.58. The van der Waals surface area contributed by atoms with Crippen LogP contribution >= 0.6 is 24.8 Å². The predicted molar refractivity (Wildman–Crippen MR) is 108 cm³/mol. The summed E-state index contributed by atoms with van der Waals surface area (Å²) in [6, 6.07) is 8.06. The lowest BCUT2D eigenvalue weighted by Crippen LogP contribution is -2.56. The average Bonchev–Trinajstić information content (AvgIpc) is 2.68. The number of piperazine rings is 1. The molecule has 2 aliphatic rings. The van der Waals surface area contributed by atoms with Gasteiger partial charge in [-0.2, -0.15) is 0 Å². The second kappa shape index (κ2) is 10.2. The van der Waals surface area contributed by atoms with Gasteiger partial charge in [0.2, 0.25) is 5.91 Å². The number of nitrogens with two attached hydrogens (primary N) is 1. The topological polar surface area (TPSA) is 68.0 Å². The van der Waals surface area contributed by atoms with Crippen molar-refractivity contribution < 1.29 is 14.3 Å². The number of carbonyl (C=O) groups is 1. The summed E-state index contributed by atoms with van der Waals surface area (Å²) >= 11 is 0. The van der Waals surface area contributed by atoms with Crippen molar-refractivity contribution in [3.05, 3.63) is 24.3 Å². The van der Waals surface area contributed by atoms with Crippen molar-refractivity contribution in [2.75, 3.05) is 57.9 Å². The van der Waals surface area contributed by atoms with Crippen molar-refractivity contribution >= 4 is 36.4 Å². The minimum absolute atomic E-state index is 0. The van der Waals surface area contributed by atoms with Crippen LogP contribution in [0, 0.1) is 5.41 Å². The van der Waals surface area contributed by atoms with Crippen LogP contribution in [0.5, 0.6) is 5.75 Å². The Labute approximate surface area is 167 Å². The number of rotatable bonds is 4. The lowest BCUT2D eigenvalue weighted by atomic mass is 9.78. The molecule has 2 fully saturated rings. The zero-order chi connectivity index (χ0) is 17.0. The zero-order valence-electron chi connectivity index (χ0n) is 15.2. The molecule has 2 saturated heterocycles. The maximum absolute atomic E-state index is 13.0. The van der Waals surface area contributed by atoms with E-state index in [0.717, 1.165) is 50.5 Å². The molecule has 0 unspecified atom stereocenters. The molecule has 26 heavy (non-hydrogen) atoms. The SMILES string of the molecule is COc1cccc(N2CCN(C(=O)C3(CN)CCOCC3)CC2)c1.Cl.Cl. The van der Waals surface area contributed by atoms with Crippen LogP contribution in [0.2, 0.25) is 0 Å². The average molecular weight is 406 g/mol. The number of hydrogen-bond donors (Lipinski definition) is 1. The summed E-state index contributed by atoms with van der Waals surface area (Å²) in [5.74, 6) is 1.06. The molecule has 2 heterocycles.